The Balaban J connectivity index is -0.000000408. The molecule has 129 heavy (non-hydrogen) atoms. The Morgan fingerprint density at radius 2 is 0.481 bits per heavy atom. The molecule has 0 fully saturated rings. The molecule has 0 saturated carbocycles. The second-order valence-corrected chi connectivity index (χ2v) is 31.0. The topological polar surface area (TPSA) is 538 Å². The Hall–Kier alpha value is -9.27. The molecule has 14 amide bonds. The van der Waals surface area contributed by atoms with Crippen LogP contribution < -0.4 is 69.5 Å². The van der Waals surface area contributed by atoms with E-state index in [0.717, 1.165) is 109 Å². The highest BCUT2D eigenvalue weighted by Gasteiger charge is 2.33. The van der Waals surface area contributed by atoms with E-state index in [4.69, 9.17) is 24.7 Å². The minimum Gasteiger partial charge on any atom is -0.380 e. The second kappa shape index (κ2) is 92.0. The molecular weight excluding hydrogens is 1670 g/mol. The van der Waals surface area contributed by atoms with Crippen molar-refractivity contribution < 1.29 is 110 Å². The zero-order valence-corrected chi connectivity index (χ0v) is 78.9. The van der Waals surface area contributed by atoms with Gasteiger partial charge in [-0.15, -0.1) is 0 Å². The predicted molar refractivity (Wildman–Crippen MR) is 497 cm³/mol. The van der Waals surface area contributed by atoms with Gasteiger partial charge in [0, 0.05) is 205 Å². The fraction of sp³-hybridized carbons (Fsp3) is 0.791. The number of primary amides is 1. The number of hydrogen-bond acceptors (Lipinski definition) is 24. The summed E-state index contributed by atoms with van der Waals surface area (Å²) in [7, 11) is 14.3. The number of nitrogens with two attached hydrogens (primary N) is 1. The molecule has 0 bridgehead atoms. The number of carbonyl (C=O) groups excluding carboxylic acids is 19. The van der Waals surface area contributed by atoms with Gasteiger partial charge in [-0.2, -0.15) is 0 Å². The third-order valence-corrected chi connectivity index (χ3v) is 19.8. The molecule has 0 radical (unpaired) electrons. The number of amides is 14. The Kier molecular flexibility index (Phi) is 93.1. The van der Waals surface area contributed by atoms with Gasteiger partial charge in [0.25, 0.3) is 0 Å². The lowest BCUT2D eigenvalue weighted by atomic mass is 9.92. The maximum Gasteiger partial charge on any atom is 0.239 e. The highest BCUT2D eigenvalue weighted by atomic mass is 16.5. The molecule has 38 nitrogen and oxygen atoms in total. The lowest BCUT2D eigenvalue weighted by molar-refractivity contribution is -0.139. The zero-order chi connectivity index (χ0) is 96.0. The minimum atomic E-state index is -0.766. The first-order valence-electron chi connectivity index (χ1n) is 45.7. The van der Waals surface area contributed by atoms with E-state index in [9.17, 15) is 91.1 Å². The van der Waals surface area contributed by atoms with Gasteiger partial charge >= 0.3 is 0 Å². The SMILES string of the molecule is C.C.CCC(=O)CCCCCCC(=O)NC.CCC(=O)CCOCC(COCCC(N)=O)(COCCC(=O)NC)COCCC(=O)NC.CNC(=O)CCCCCCC(=O)CN(CC(=O)NCCCCCC(=O)NC)C(=O)CCC(=O)CCCCC(=O)NC.CNC(=O)CCCCCCC(=O)CN(CC(=O)NCCCCCC(=O)NC)CC(=O)NCCCCCC(=O)NC. The van der Waals surface area contributed by atoms with Gasteiger partial charge in [-0.3, -0.25) is 96.0 Å². The number of ketones is 5. The molecule has 0 rings (SSSR count). The van der Waals surface area contributed by atoms with Gasteiger partial charge in [-0.1, -0.05) is 86.5 Å². The molecule has 0 aromatic rings. The molecule has 0 aromatic carbocycles. The summed E-state index contributed by atoms with van der Waals surface area (Å²) in [6, 6.07) is 0. The zero-order valence-electron chi connectivity index (χ0n) is 78.9. The fourth-order valence-corrected chi connectivity index (χ4v) is 11.8. The lowest BCUT2D eigenvalue weighted by Crippen LogP contribution is -2.45. The van der Waals surface area contributed by atoms with Crippen LogP contribution in [0.15, 0.2) is 0 Å². The second-order valence-electron chi connectivity index (χ2n) is 31.0. The average molecular weight is 1840 g/mol. The summed E-state index contributed by atoms with van der Waals surface area (Å²) in [6.07, 6.45) is 24.6. The fourth-order valence-electron chi connectivity index (χ4n) is 11.8. The van der Waals surface area contributed by atoms with Crippen LogP contribution in [-0.2, 0) is 110 Å². The van der Waals surface area contributed by atoms with Gasteiger partial charge < -0.3 is 93.4 Å². The molecule has 14 N–H and O–H groups in total. The number of hydrogen-bond donors (Lipinski definition) is 13. The van der Waals surface area contributed by atoms with Crippen LogP contribution in [0.1, 0.15) is 298 Å². The van der Waals surface area contributed by atoms with E-state index >= 15 is 0 Å². The Bertz CT molecular complexity index is 2910. The van der Waals surface area contributed by atoms with Crippen LogP contribution in [-0.4, -0.2) is 290 Å². The molecule has 0 unspecified atom stereocenters. The maximum absolute atomic E-state index is 12.9. The van der Waals surface area contributed by atoms with Gasteiger partial charge in [0.05, 0.1) is 91.0 Å². The first kappa shape index (κ1) is 130. The van der Waals surface area contributed by atoms with Crippen LogP contribution in [0.3, 0.4) is 0 Å². The monoisotopic (exact) mass is 1840 g/mol. The van der Waals surface area contributed by atoms with E-state index < -0.39 is 17.2 Å². The molecule has 0 atom stereocenters. The van der Waals surface area contributed by atoms with Gasteiger partial charge in [0.1, 0.15) is 23.1 Å². The van der Waals surface area contributed by atoms with E-state index in [1.165, 1.54) is 4.90 Å². The van der Waals surface area contributed by atoms with Crippen molar-refractivity contribution in [3.05, 3.63) is 0 Å². The van der Waals surface area contributed by atoms with Crippen molar-refractivity contribution in [1.82, 2.24) is 73.6 Å². The third kappa shape index (κ3) is 89.1. The smallest absolute Gasteiger partial charge is 0.239 e. The van der Waals surface area contributed by atoms with Crippen molar-refractivity contribution in [3.63, 3.8) is 0 Å². The Morgan fingerprint density at radius 1 is 0.240 bits per heavy atom. The number of nitrogens with one attached hydrogen (secondary N) is 12. The molecule has 0 saturated heterocycles. The largest absolute Gasteiger partial charge is 0.380 e. The van der Waals surface area contributed by atoms with Gasteiger partial charge in [0.15, 0.2) is 5.78 Å². The quantitative estimate of drug-likeness (QED) is 0.0347. The van der Waals surface area contributed by atoms with Crippen LogP contribution >= 0.6 is 0 Å². The van der Waals surface area contributed by atoms with Crippen molar-refractivity contribution in [2.24, 2.45) is 11.1 Å². The van der Waals surface area contributed by atoms with Crippen molar-refractivity contribution >= 4 is 112 Å². The van der Waals surface area contributed by atoms with E-state index in [1.54, 1.807) is 75.3 Å². The summed E-state index contributed by atoms with van der Waals surface area (Å²) in [5.41, 5.74) is 4.40. The van der Waals surface area contributed by atoms with Gasteiger partial charge in [0.2, 0.25) is 82.7 Å². The lowest BCUT2D eigenvalue weighted by Gasteiger charge is -2.33. The van der Waals surface area contributed by atoms with E-state index in [0.29, 0.717) is 141 Å². The number of carbonyl (C=O) groups is 19. The highest BCUT2D eigenvalue weighted by Crippen LogP contribution is 2.22. The summed E-state index contributed by atoms with van der Waals surface area (Å²) in [6.45, 7) is 5.81. The van der Waals surface area contributed by atoms with Gasteiger partial charge in [-0.05, 0) is 89.9 Å². The molecule has 0 aliphatic heterocycles. The van der Waals surface area contributed by atoms with Crippen molar-refractivity contribution in [2.75, 3.05) is 169 Å². The van der Waals surface area contributed by atoms with Crippen molar-refractivity contribution in [2.45, 2.75) is 298 Å². The molecule has 0 aromatic heterocycles. The van der Waals surface area contributed by atoms with Crippen molar-refractivity contribution in [3.8, 4) is 0 Å². The normalized spacial score (nSPS) is 10.4. The van der Waals surface area contributed by atoms with Crippen LogP contribution in [0, 0.1) is 5.41 Å². The van der Waals surface area contributed by atoms with Crippen LogP contribution in [0.25, 0.3) is 0 Å². The standard InChI is InChI=1S/C29H51N5O7.C28H52N6O6.C21H39N3O8.C11H21NO2.2CH4/c1-30-25(37)15-8-5-4-7-14-24(36)21-34(22-28(40)33-20-12-6-9-16-26(38)31-2)29(41)19-18-23(35)13-10-11-17-27(39)32-3;1-29-24(36)15-9-5-4-8-14-23(35)20-34(21-27(39)32-18-12-6-10-16-25(37)30-2)22-28(40)33-19-13-7-11-17-26(38)31-3;1-4-17(25)5-9-29-13-21(14-30-10-6-18(22)26,15-31-11-7-19(27)23-2)16-32-12-8-20(28)24-3;1-3-10(13)8-6-4-5-7-9-11(14)12-2;;/h4-22H2,1-3H3,(H,30,37)(H,31,38)(H,32,39)(H,33,40);4-22H2,1-3H3,(H,29,36)(H,30,37)(H,31,38)(H,32,39)(H,33,40);4-16H2,1-3H3,(H2,22,26)(H,23,27)(H,24,28);3-9H2,1-2H3,(H,12,14);2*1H4. The summed E-state index contributed by atoms with van der Waals surface area (Å²) >= 11 is 0. The number of ether oxygens (including phenoxy) is 4. The summed E-state index contributed by atoms with van der Waals surface area (Å²) in [4.78, 5) is 226. The van der Waals surface area contributed by atoms with Crippen LogP contribution in [0.4, 0.5) is 0 Å². The highest BCUT2D eigenvalue weighted by molar-refractivity contribution is 5.92. The molecule has 0 aliphatic carbocycles. The molecule has 0 aliphatic rings. The predicted octanol–water partition coefficient (Wildman–Crippen LogP) is 5.22. The maximum atomic E-state index is 12.9. The molecular formula is C91H171N15O23. The molecule has 38 heteroatoms. The van der Waals surface area contributed by atoms with Crippen LogP contribution in [0.2, 0.25) is 0 Å². The summed E-state index contributed by atoms with van der Waals surface area (Å²) < 4.78 is 22.8. The molecule has 748 valence electrons. The summed E-state index contributed by atoms with van der Waals surface area (Å²) in [5.74, 6) is -1.96. The minimum absolute atomic E-state index is 0. The van der Waals surface area contributed by atoms with Gasteiger partial charge in [-0.25, -0.2) is 0 Å². The third-order valence-electron chi connectivity index (χ3n) is 19.8. The number of rotatable bonds is 79. The number of unbranched alkanes of at least 4 members (excludes halogenated alkanes) is 16. The van der Waals surface area contributed by atoms with Crippen molar-refractivity contribution in [1.29, 1.82) is 0 Å². The number of nitrogens with zero attached hydrogens (tertiary/aromatic N) is 2. The number of Topliss-reactive ketones (excluding diaryl/α,β-unsaturated/α-hetero) is 5. The molecule has 0 heterocycles. The van der Waals surface area contributed by atoms with E-state index in [1.807, 2.05) is 6.92 Å². The Labute approximate surface area is 770 Å². The Morgan fingerprint density at radius 3 is 0.791 bits per heavy atom. The van der Waals surface area contributed by atoms with E-state index in [-0.39, 0.29) is 239 Å². The summed E-state index contributed by atoms with van der Waals surface area (Å²) in [5, 5.41) is 31.5. The average Bonchev–Trinajstić information content (AvgIpc) is 0.872. The molecule has 0 spiro atoms. The first-order valence-corrected chi connectivity index (χ1v) is 45.7. The van der Waals surface area contributed by atoms with Crippen LogP contribution in [0.5, 0.6) is 0 Å². The first-order chi connectivity index (χ1) is 60.8. The van der Waals surface area contributed by atoms with E-state index in [2.05, 4.69) is 63.8 Å².